The minimum absolute atomic E-state index is 0.0204. The van der Waals surface area contributed by atoms with Gasteiger partial charge in [-0.25, -0.2) is 9.98 Å². The summed E-state index contributed by atoms with van der Waals surface area (Å²) < 4.78 is 5.28. The number of carbonyl (C=O) groups excluding carboxylic acids is 1. The van der Waals surface area contributed by atoms with Crippen molar-refractivity contribution in [2.24, 2.45) is 16.5 Å². The Morgan fingerprint density at radius 3 is 2.69 bits per heavy atom. The molecular formula is C23H29N7O2. The zero-order valence-corrected chi connectivity index (χ0v) is 18.5. The average Bonchev–Trinajstić information content (AvgIpc) is 2.89. The van der Waals surface area contributed by atoms with Crippen molar-refractivity contribution in [2.45, 2.75) is 19.4 Å². The van der Waals surface area contributed by atoms with Gasteiger partial charge in [0.2, 0.25) is 5.91 Å². The Bertz CT molecular complexity index is 1090. The highest BCUT2D eigenvalue weighted by atomic mass is 16.5. The lowest BCUT2D eigenvalue weighted by Gasteiger charge is -2.38. The zero-order valence-electron chi connectivity index (χ0n) is 18.5. The van der Waals surface area contributed by atoms with Gasteiger partial charge in [0.25, 0.3) is 6.02 Å². The third-order valence-corrected chi connectivity index (χ3v) is 5.49. The van der Waals surface area contributed by atoms with Crippen LogP contribution in [-0.2, 0) is 9.53 Å². The van der Waals surface area contributed by atoms with E-state index in [1.54, 1.807) is 13.8 Å². The van der Waals surface area contributed by atoms with Crippen LogP contribution in [0.5, 0.6) is 0 Å². The molecule has 0 bridgehead atoms. The number of fused-ring (bicyclic) bond motifs is 1. The highest BCUT2D eigenvalue weighted by Gasteiger charge is 2.30. The number of aromatic nitrogens is 2. The number of aliphatic imine (C=N–C) groups is 1. The molecule has 9 nitrogen and oxygen atoms in total. The maximum absolute atomic E-state index is 12.4. The van der Waals surface area contributed by atoms with Crippen LogP contribution in [0.3, 0.4) is 0 Å². The van der Waals surface area contributed by atoms with E-state index in [2.05, 4.69) is 20.9 Å². The average molecular weight is 436 g/mol. The summed E-state index contributed by atoms with van der Waals surface area (Å²) in [5.74, 6) is -0.0204. The van der Waals surface area contributed by atoms with Gasteiger partial charge in [0.05, 0.1) is 40.7 Å². The second-order valence-electron chi connectivity index (χ2n) is 8.48. The lowest BCUT2D eigenvalue weighted by atomic mass is 10.0. The van der Waals surface area contributed by atoms with Crippen molar-refractivity contribution in [1.82, 2.24) is 14.9 Å². The molecule has 32 heavy (non-hydrogen) atoms. The molecule has 2 aromatic heterocycles. The third-order valence-electron chi connectivity index (χ3n) is 5.49. The fraction of sp³-hybridized carbons (Fsp3) is 0.391. The number of rotatable bonds is 3. The number of carbonyl (C=O) groups is 1. The van der Waals surface area contributed by atoms with Gasteiger partial charge in [0.1, 0.15) is 6.61 Å². The molecule has 0 radical (unpaired) electrons. The predicted molar refractivity (Wildman–Crippen MR) is 126 cm³/mol. The van der Waals surface area contributed by atoms with E-state index in [1.807, 2.05) is 41.5 Å². The maximum Gasteiger partial charge on any atom is 0.282 e. The molecule has 4 heterocycles. The first kappa shape index (κ1) is 21.8. The molecule has 1 saturated heterocycles. The number of ether oxygens (including phenoxy) is 1. The Hall–Kier alpha value is -3.46. The van der Waals surface area contributed by atoms with E-state index in [0.29, 0.717) is 26.2 Å². The summed E-state index contributed by atoms with van der Waals surface area (Å²) in [4.78, 5) is 30.1. The van der Waals surface area contributed by atoms with E-state index in [4.69, 9.17) is 21.2 Å². The fourth-order valence-electron chi connectivity index (χ4n) is 3.75. The lowest BCUT2D eigenvalue weighted by Crippen LogP contribution is -2.57. The van der Waals surface area contributed by atoms with Gasteiger partial charge in [0.15, 0.2) is 0 Å². The first-order valence-corrected chi connectivity index (χ1v) is 10.7. The van der Waals surface area contributed by atoms with Crippen LogP contribution >= 0.6 is 0 Å². The standard InChI is InChI=1S/C23H29N7O2/c1-23(2,25)21(31)30-11-9-29(10-12-30)17-14-20-19(27-15-17)6-5-18(28-20)16-4-3-13-32-22(24)26-8-7-16/h3-7,14-15H,8-13,25H2,1-2H3,(H2,24,26)/b4-3-,16-7+. The van der Waals surface area contributed by atoms with Crippen LogP contribution in [0, 0.1) is 0 Å². The first-order valence-electron chi connectivity index (χ1n) is 10.7. The smallest absolute Gasteiger partial charge is 0.282 e. The van der Waals surface area contributed by atoms with Gasteiger partial charge in [-0.15, -0.1) is 0 Å². The molecule has 2 aromatic rings. The van der Waals surface area contributed by atoms with E-state index in [-0.39, 0.29) is 11.9 Å². The van der Waals surface area contributed by atoms with Gasteiger partial charge in [-0.2, -0.15) is 0 Å². The quantitative estimate of drug-likeness (QED) is 0.745. The number of hydrogen-bond donors (Lipinski definition) is 2. The van der Waals surface area contributed by atoms with Gasteiger partial charge in [-0.3, -0.25) is 9.78 Å². The van der Waals surface area contributed by atoms with Crippen molar-refractivity contribution in [3.8, 4) is 0 Å². The van der Waals surface area contributed by atoms with Crippen molar-refractivity contribution in [3.05, 3.63) is 48.3 Å². The van der Waals surface area contributed by atoms with Gasteiger partial charge < -0.3 is 26.0 Å². The van der Waals surface area contributed by atoms with Gasteiger partial charge in [0, 0.05) is 26.2 Å². The van der Waals surface area contributed by atoms with Crippen molar-refractivity contribution >= 4 is 34.2 Å². The maximum atomic E-state index is 12.4. The summed E-state index contributed by atoms with van der Waals surface area (Å²) in [5, 5.41) is 0. The molecule has 2 aliphatic rings. The summed E-state index contributed by atoms with van der Waals surface area (Å²) in [6.07, 6.45) is 7.69. The van der Waals surface area contributed by atoms with E-state index in [0.717, 1.165) is 41.1 Å². The molecule has 1 amide bonds. The van der Waals surface area contributed by atoms with Crippen molar-refractivity contribution < 1.29 is 9.53 Å². The Labute approximate surface area is 187 Å². The Morgan fingerprint density at radius 2 is 1.94 bits per heavy atom. The summed E-state index contributed by atoms with van der Waals surface area (Å²) >= 11 is 0. The van der Waals surface area contributed by atoms with Crippen molar-refractivity contribution in [3.63, 3.8) is 0 Å². The monoisotopic (exact) mass is 435 g/mol. The second kappa shape index (κ2) is 8.96. The highest BCUT2D eigenvalue weighted by molar-refractivity contribution is 5.86. The molecule has 4 N–H and O–H groups in total. The molecule has 0 atom stereocenters. The molecule has 0 aromatic carbocycles. The minimum Gasteiger partial charge on any atom is -0.461 e. The Kier molecular flexibility index (Phi) is 6.09. The van der Waals surface area contributed by atoms with E-state index >= 15 is 0 Å². The molecule has 0 unspecified atom stereocenters. The number of nitrogens with zero attached hydrogens (tertiary/aromatic N) is 5. The van der Waals surface area contributed by atoms with Crippen LogP contribution in [0.25, 0.3) is 16.6 Å². The molecule has 0 spiro atoms. The van der Waals surface area contributed by atoms with Crippen molar-refractivity contribution in [1.29, 1.82) is 0 Å². The van der Waals surface area contributed by atoms with Gasteiger partial charge in [-0.1, -0.05) is 12.2 Å². The molecule has 1 fully saturated rings. The molecule has 168 valence electrons. The van der Waals surface area contributed by atoms with Gasteiger partial charge in [-0.05, 0) is 43.7 Å². The lowest BCUT2D eigenvalue weighted by molar-refractivity contribution is -0.136. The minimum atomic E-state index is -0.852. The Morgan fingerprint density at radius 1 is 1.16 bits per heavy atom. The summed E-state index contributed by atoms with van der Waals surface area (Å²) in [5.41, 5.74) is 15.2. The third kappa shape index (κ3) is 4.88. The molecule has 0 saturated carbocycles. The Balaban J connectivity index is 1.54. The number of hydrogen-bond acceptors (Lipinski definition) is 8. The second-order valence-corrected chi connectivity index (χ2v) is 8.48. The number of anilines is 1. The highest BCUT2D eigenvalue weighted by Crippen LogP contribution is 2.23. The summed E-state index contributed by atoms with van der Waals surface area (Å²) in [6, 6.07) is 6.16. The predicted octanol–water partition coefficient (Wildman–Crippen LogP) is 1.30. The van der Waals surface area contributed by atoms with Crippen LogP contribution < -0.4 is 16.4 Å². The largest absolute Gasteiger partial charge is 0.461 e. The van der Waals surface area contributed by atoms with Crippen LogP contribution in [0.2, 0.25) is 0 Å². The first-order chi connectivity index (χ1) is 15.3. The summed E-state index contributed by atoms with van der Waals surface area (Å²) in [7, 11) is 0. The SMILES string of the molecule is CC(C)(N)C(=O)N1CCN(c2cnc3ccc(C4=C/C/N=C(/N)OC/C=C\4)nc3c2)CC1. The van der Waals surface area contributed by atoms with Crippen molar-refractivity contribution in [2.75, 3.05) is 44.2 Å². The molecule has 0 aliphatic carbocycles. The molecule has 2 aliphatic heterocycles. The van der Waals surface area contributed by atoms with Crippen LogP contribution in [0.4, 0.5) is 5.69 Å². The number of pyridine rings is 2. The van der Waals surface area contributed by atoms with E-state index < -0.39 is 5.54 Å². The molecule has 9 heteroatoms. The van der Waals surface area contributed by atoms with Crippen LogP contribution in [0.1, 0.15) is 19.5 Å². The fourth-order valence-corrected chi connectivity index (χ4v) is 3.75. The molecular weight excluding hydrogens is 406 g/mol. The topological polar surface area (TPSA) is 123 Å². The van der Waals surface area contributed by atoms with Gasteiger partial charge >= 0.3 is 0 Å². The molecule has 4 rings (SSSR count). The van der Waals surface area contributed by atoms with E-state index in [9.17, 15) is 4.79 Å². The number of piperazine rings is 1. The zero-order chi connectivity index (χ0) is 22.7. The van der Waals surface area contributed by atoms with Crippen LogP contribution in [0.15, 0.2) is 47.6 Å². The number of nitrogens with two attached hydrogens (primary N) is 2. The summed E-state index contributed by atoms with van der Waals surface area (Å²) in [6.45, 7) is 6.99. The van der Waals surface area contributed by atoms with Crippen LogP contribution in [-0.4, -0.2) is 71.7 Å². The van der Waals surface area contributed by atoms with E-state index in [1.165, 1.54) is 0 Å². The number of allylic oxidation sites excluding steroid dienone is 2. The number of amidine groups is 1. The number of amides is 1. The normalized spacial score (nSPS) is 22.0.